The first-order valence-electron chi connectivity index (χ1n) is 12.5. The van der Waals surface area contributed by atoms with E-state index < -0.39 is 0 Å². The van der Waals surface area contributed by atoms with Gasteiger partial charge < -0.3 is 4.90 Å². The number of carbonyl (C=O) groups excluding carboxylic acids is 1. The molecule has 174 valence electrons. The standard InChI is InChI=1S/C25H38N6O/c1-3-4-5-18(2)12-30-13-21-15-31(16-22(21)14-30)23(32)17-29-10-8-20(9-11-29)25-26-24(27-28-25)19-6-7-19/h3-5,19-22H,6-17H2,1-2H3,(H,26,27,28)/b4-3-,18-5+/t21-,22?/m0/s1. The molecule has 7 heteroatoms. The lowest BCUT2D eigenvalue weighted by molar-refractivity contribution is -0.132. The van der Waals surface area contributed by atoms with E-state index >= 15 is 0 Å². The van der Waals surface area contributed by atoms with Crippen LogP contribution in [-0.2, 0) is 4.79 Å². The lowest BCUT2D eigenvalue weighted by atomic mass is 9.96. The summed E-state index contributed by atoms with van der Waals surface area (Å²) < 4.78 is 0. The summed E-state index contributed by atoms with van der Waals surface area (Å²) in [5.41, 5.74) is 1.41. The number of fused-ring (bicyclic) bond motifs is 1. The summed E-state index contributed by atoms with van der Waals surface area (Å²) in [5, 5.41) is 7.59. The predicted octanol–water partition coefficient (Wildman–Crippen LogP) is 2.77. The molecule has 4 aliphatic rings. The number of piperidine rings is 1. The van der Waals surface area contributed by atoms with E-state index in [0.29, 0.717) is 36.1 Å². The summed E-state index contributed by atoms with van der Waals surface area (Å²) in [6.45, 7) is 12.0. The molecule has 0 spiro atoms. The zero-order valence-electron chi connectivity index (χ0n) is 19.7. The van der Waals surface area contributed by atoms with Crippen LogP contribution in [0.1, 0.15) is 63.0 Å². The van der Waals surface area contributed by atoms with Gasteiger partial charge in [-0.2, -0.15) is 5.10 Å². The average Bonchev–Trinajstić information content (AvgIpc) is 3.20. The minimum atomic E-state index is 0.323. The van der Waals surface area contributed by atoms with Gasteiger partial charge >= 0.3 is 0 Å². The zero-order chi connectivity index (χ0) is 22.1. The van der Waals surface area contributed by atoms with Crippen LogP contribution in [0, 0.1) is 11.8 Å². The van der Waals surface area contributed by atoms with E-state index in [1.165, 1.54) is 18.4 Å². The van der Waals surface area contributed by atoms with Gasteiger partial charge in [-0.1, -0.05) is 23.8 Å². The third-order valence-electron chi connectivity index (χ3n) is 7.76. The van der Waals surface area contributed by atoms with Crippen LogP contribution >= 0.6 is 0 Å². The van der Waals surface area contributed by atoms with Crippen LogP contribution in [-0.4, -0.2) is 88.1 Å². The fraction of sp³-hybridized carbons (Fsp3) is 0.720. The molecule has 4 heterocycles. The Balaban J connectivity index is 1.04. The number of nitrogens with zero attached hydrogens (tertiary/aromatic N) is 5. The van der Waals surface area contributed by atoms with E-state index in [1.54, 1.807) is 0 Å². The van der Waals surface area contributed by atoms with Crippen molar-refractivity contribution in [1.82, 2.24) is 29.9 Å². The number of hydrogen-bond donors (Lipinski definition) is 1. The third-order valence-corrected chi connectivity index (χ3v) is 7.76. The fourth-order valence-electron chi connectivity index (χ4n) is 5.74. The Hall–Kier alpha value is -1.99. The molecule has 1 aliphatic carbocycles. The second kappa shape index (κ2) is 9.48. The molecule has 1 unspecified atom stereocenters. The first-order valence-corrected chi connectivity index (χ1v) is 12.5. The third kappa shape index (κ3) is 4.99. The van der Waals surface area contributed by atoms with Crippen molar-refractivity contribution < 1.29 is 4.79 Å². The van der Waals surface area contributed by atoms with Gasteiger partial charge in [0.15, 0.2) is 5.82 Å². The lowest BCUT2D eigenvalue weighted by Crippen LogP contribution is -2.43. The first kappa shape index (κ1) is 21.8. The largest absolute Gasteiger partial charge is 0.341 e. The maximum absolute atomic E-state index is 13.0. The molecule has 3 aliphatic heterocycles. The van der Waals surface area contributed by atoms with Crippen LogP contribution in [0.4, 0.5) is 0 Å². The Kier molecular flexibility index (Phi) is 6.47. The lowest BCUT2D eigenvalue weighted by Gasteiger charge is -2.31. The molecule has 0 bridgehead atoms. The molecule has 7 nitrogen and oxygen atoms in total. The highest BCUT2D eigenvalue weighted by molar-refractivity contribution is 5.78. The van der Waals surface area contributed by atoms with E-state index in [0.717, 1.165) is 70.3 Å². The summed E-state index contributed by atoms with van der Waals surface area (Å²) in [5.74, 6) is 4.75. The summed E-state index contributed by atoms with van der Waals surface area (Å²) >= 11 is 0. The van der Waals surface area contributed by atoms with Crippen molar-refractivity contribution in [3.05, 3.63) is 35.4 Å². The predicted molar refractivity (Wildman–Crippen MR) is 125 cm³/mol. The summed E-state index contributed by atoms with van der Waals surface area (Å²) in [4.78, 5) is 24.8. The molecular weight excluding hydrogens is 400 g/mol. The van der Waals surface area contributed by atoms with Crippen LogP contribution in [0.25, 0.3) is 0 Å². The van der Waals surface area contributed by atoms with Crippen molar-refractivity contribution in [2.75, 3.05) is 52.4 Å². The van der Waals surface area contributed by atoms with Gasteiger partial charge in [0.25, 0.3) is 0 Å². The van der Waals surface area contributed by atoms with E-state index in [4.69, 9.17) is 4.98 Å². The molecule has 1 N–H and O–H groups in total. The number of carbonyl (C=O) groups is 1. The minimum Gasteiger partial charge on any atom is -0.341 e. The molecular formula is C25H38N6O. The number of H-pyrrole nitrogens is 1. The second-order valence-electron chi connectivity index (χ2n) is 10.5. The van der Waals surface area contributed by atoms with Gasteiger partial charge in [0.2, 0.25) is 5.91 Å². The highest BCUT2D eigenvalue weighted by Crippen LogP contribution is 2.38. The molecule has 1 aromatic heterocycles. The normalized spacial score (nSPS) is 28.2. The maximum Gasteiger partial charge on any atom is 0.236 e. The number of nitrogens with one attached hydrogen (secondary N) is 1. The first-order chi connectivity index (χ1) is 15.6. The van der Waals surface area contributed by atoms with Gasteiger partial charge in [-0.3, -0.25) is 19.7 Å². The maximum atomic E-state index is 13.0. The topological polar surface area (TPSA) is 68.4 Å². The van der Waals surface area contributed by atoms with Gasteiger partial charge in [-0.25, -0.2) is 4.98 Å². The SMILES string of the molecule is C/C=C\C=C(/C)CN1CC2CN(C(=O)CN3CCC(c4nc(C5CC5)n[nH]4)CC3)C[C@@H]2C1. The van der Waals surface area contributed by atoms with Crippen LogP contribution in [0.15, 0.2) is 23.8 Å². The molecule has 1 aromatic rings. The number of hydrogen-bond acceptors (Lipinski definition) is 5. The van der Waals surface area contributed by atoms with Crippen LogP contribution in [0.3, 0.4) is 0 Å². The van der Waals surface area contributed by atoms with Gasteiger partial charge in [0.05, 0.1) is 6.54 Å². The molecule has 1 amide bonds. The Labute approximate surface area is 191 Å². The zero-order valence-corrected chi connectivity index (χ0v) is 19.7. The van der Waals surface area contributed by atoms with Crippen molar-refractivity contribution in [3.8, 4) is 0 Å². The number of amides is 1. The van der Waals surface area contributed by atoms with E-state index in [-0.39, 0.29) is 0 Å². The van der Waals surface area contributed by atoms with E-state index in [1.807, 2.05) is 0 Å². The number of aromatic nitrogens is 3. The van der Waals surface area contributed by atoms with Gasteiger partial charge in [0.1, 0.15) is 5.82 Å². The summed E-state index contributed by atoms with van der Waals surface area (Å²) in [6, 6.07) is 0. The van der Waals surface area contributed by atoms with Crippen LogP contribution in [0.2, 0.25) is 0 Å². The van der Waals surface area contributed by atoms with Crippen LogP contribution in [0.5, 0.6) is 0 Å². The second-order valence-corrected chi connectivity index (χ2v) is 10.5. The van der Waals surface area contributed by atoms with E-state index in [2.05, 4.69) is 57.0 Å². The minimum absolute atomic E-state index is 0.323. The Morgan fingerprint density at radius 2 is 1.72 bits per heavy atom. The van der Waals surface area contributed by atoms with Crippen molar-refractivity contribution in [2.45, 2.75) is 51.4 Å². The molecule has 4 fully saturated rings. The molecule has 2 atom stereocenters. The average molecular weight is 439 g/mol. The van der Waals surface area contributed by atoms with Crippen molar-refractivity contribution in [2.24, 2.45) is 11.8 Å². The molecule has 5 rings (SSSR count). The number of rotatable bonds is 7. The van der Waals surface area contributed by atoms with Crippen molar-refractivity contribution in [3.63, 3.8) is 0 Å². The Morgan fingerprint density at radius 1 is 1.00 bits per heavy atom. The fourth-order valence-corrected chi connectivity index (χ4v) is 5.74. The van der Waals surface area contributed by atoms with Gasteiger partial charge in [0, 0.05) is 44.6 Å². The molecule has 0 aromatic carbocycles. The molecule has 1 saturated carbocycles. The van der Waals surface area contributed by atoms with E-state index in [9.17, 15) is 4.79 Å². The number of aromatic amines is 1. The Bertz CT molecular complexity index is 850. The smallest absolute Gasteiger partial charge is 0.236 e. The van der Waals surface area contributed by atoms with Crippen LogP contribution < -0.4 is 0 Å². The van der Waals surface area contributed by atoms with Crippen molar-refractivity contribution >= 4 is 5.91 Å². The van der Waals surface area contributed by atoms with Gasteiger partial charge in [-0.05, 0) is 64.5 Å². The number of likely N-dealkylation sites (tertiary alicyclic amines) is 3. The Morgan fingerprint density at radius 3 is 2.38 bits per heavy atom. The van der Waals surface area contributed by atoms with Crippen molar-refractivity contribution in [1.29, 1.82) is 0 Å². The molecule has 32 heavy (non-hydrogen) atoms. The monoisotopic (exact) mass is 438 g/mol. The highest BCUT2D eigenvalue weighted by Gasteiger charge is 2.41. The van der Waals surface area contributed by atoms with Gasteiger partial charge in [-0.15, -0.1) is 0 Å². The molecule has 0 radical (unpaired) electrons. The summed E-state index contributed by atoms with van der Waals surface area (Å²) in [6.07, 6.45) is 11.0. The number of allylic oxidation sites excluding steroid dienone is 3. The quantitative estimate of drug-likeness (QED) is 0.663. The highest BCUT2D eigenvalue weighted by atomic mass is 16.2. The molecule has 3 saturated heterocycles. The summed E-state index contributed by atoms with van der Waals surface area (Å²) in [7, 11) is 0.